The van der Waals surface area contributed by atoms with Gasteiger partial charge in [-0.1, -0.05) is 6.07 Å². The van der Waals surface area contributed by atoms with Crippen molar-refractivity contribution in [2.24, 2.45) is 5.73 Å². The summed E-state index contributed by atoms with van der Waals surface area (Å²) in [6.07, 6.45) is 0.314. The van der Waals surface area contributed by atoms with Gasteiger partial charge < -0.3 is 16.8 Å². The number of amides is 1. The predicted octanol–water partition coefficient (Wildman–Crippen LogP) is 0.945. The zero-order valence-electron chi connectivity index (χ0n) is 8.16. The van der Waals surface area contributed by atoms with Crippen LogP contribution < -0.4 is 16.8 Å². The zero-order valence-corrected chi connectivity index (χ0v) is 8.16. The van der Waals surface area contributed by atoms with Crippen molar-refractivity contribution >= 4 is 17.3 Å². The van der Waals surface area contributed by atoms with Gasteiger partial charge in [0.25, 0.3) is 0 Å². The Kier molecular flexibility index (Phi) is 3.34. The highest BCUT2D eigenvalue weighted by atomic mass is 16.1. The van der Waals surface area contributed by atoms with Crippen molar-refractivity contribution in [2.45, 2.75) is 19.4 Å². The topological polar surface area (TPSA) is 81.1 Å². The number of nitrogens with two attached hydrogens (primary N) is 2. The molecule has 0 bridgehead atoms. The van der Waals surface area contributed by atoms with Crippen molar-refractivity contribution in [3.63, 3.8) is 0 Å². The van der Waals surface area contributed by atoms with E-state index in [1.165, 1.54) is 0 Å². The van der Waals surface area contributed by atoms with Crippen LogP contribution in [0.4, 0.5) is 11.4 Å². The molecule has 76 valence electrons. The molecular weight excluding hydrogens is 178 g/mol. The number of nitrogen functional groups attached to an aromatic ring is 1. The van der Waals surface area contributed by atoms with Crippen LogP contribution in [-0.2, 0) is 4.79 Å². The van der Waals surface area contributed by atoms with Crippen molar-refractivity contribution in [2.75, 3.05) is 11.1 Å². The molecule has 1 rings (SSSR count). The first kappa shape index (κ1) is 10.4. The summed E-state index contributed by atoms with van der Waals surface area (Å²) in [5.74, 6) is -0.311. The zero-order chi connectivity index (χ0) is 10.6. The van der Waals surface area contributed by atoms with E-state index in [1.807, 2.05) is 31.2 Å². The van der Waals surface area contributed by atoms with Crippen LogP contribution in [0.2, 0.25) is 0 Å². The highest BCUT2D eigenvalue weighted by molar-refractivity contribution is 5.75. The maximum Gasteiger partial charge on any atom is 0.219 e. The van der Waals surface area contributed by atoms with E-state index in [9.17, 15) is 4.79 Å². The predicted molar refractivity (Wildman–Crippen MR) is 57.8 cm³/mol. The van der Waals surface area contributed by atoms with Gasteiger partial charge in [0.2, 0.25) is 5.91 Å². The molecule has 1 aromatic rings. The summed E-state index contributed by atoms with van der Waals surface area (Å²) in [6, 6.07) is 7.40. The molecule has 1 amide bonds. The molecule has 1 unspecified atom stereocenters. The summed E-state index contributed by atoms with van der Waals surface area (Å²) in [5, 5.41) is 3.13. The molecule has 0 aromatic heterocycles. The van der Waals surface area contributed by atoms with Crippen LogP contribution in [0.25, 0.3) is 0 Å². The first-order valence-electron chi connectivity index (χ1n) is 4.48. The molecular formula is C10H15N3O. The fourth-order valence-electron chi connectivity index (χ4n) is 1.27. The smallest absolute Gasteiger partial charge is 0.219 e. The normalized spacial score (nSPS) is 12.1. The summed E-state index contributed by atoms with van der Waals surface area (Å²) in [6.45, 7) is 1.90. The minimum atomic E-state index is -0.311. The first-order chi connectivity index (χ1) is 6.58. The van der Waals surface area contributed by atoms with Gasteiger partial charge in [-0.05, 0) is 25.1 Å². The quantitative estimate of drug-likeness (QED) is 0.622. The molecule has 4 nitrogen and oxygen atoms in total. The average Bonchev–Trinajstić information content (AvgIpc) is 2.01. The van der Waals surface area contributed by atoms with E-state index in [2.05, 4.69) is 5.32 Å². The number of anilines is 2. The summed E-state index contributed by atoms with van der Waals surface area (Å²) in [4.78, 5) is 10.6. The number of hydrogen-bond acceptors (Lipinski definition) is 3. The number of carbonyl (C=O) groups excluding carboxylic acids is 1. The molecule has 0 spiro atoms. The van der Waals surface area contributed by atoms with Gasteiger partial charge in [0.1, 0.15) is 0 Å². The van der Waals surface area contributed by atoms with Gasteiger partial charge in [0, 0.05) is 23.8 Å². The molecule has 1 aromatic carbocycles. The van der Waals surface area contributed by atoms with Gasteiger partial charge in [-0.25, -0.2) is 0 Å². The molecule has 14 heavy (non-hydrogen) atoms. The van der Waals surface area contributed by atoms with Gasteiger partial charge in [-0.3, -0.25) is 4.79 Å². The van der Waals surface area contributed by atoms with Gasteiger partial charge in [0.15, 0.2) is 0 Å². The highest BCUT2D eigenvalue weighted by Gasteiger charge is 2.05. The lowest BCUT2D eigenvalue weighted by Crippen LogP contribution is -2.23. The fraction of sp³-hybridized carbons (Fsp3) is 0.300. The van der Waals surface area contributed by atoms with Crippen molar-refractivity contribution < 1.29 is 4.79 Å². The van der Waals surface area contributed by atoms with E-state index in [4.69, 9.17) is 11.5 Å². The van der Waals surface area contributed by atoms with Crippen molar-refractivity contribution in [1.29, 1.82) is 0 Å². The Balaban J connectivity index is 2.55. The molecule has 0 aliphatic rings. The SMILES string of the molecule is CC(CC(N)=O)Nc1cccc(N)c1. The Labute approximate surface area is 83.3 Å². The standard InChI is InChI=1S/C10H15N3O/c1-7(5-10(12)14)13-9-4-2-3-8(11)6-9/h2-4,6-7,13H,5,11H2,1H3,(H2,12,14). The van der Waals surface area contributed by atoms with E-state index < -0.39 is 0 Å². The molecule has 0 fully saturated rings. The summed E-state index contributed by atoms with van der Waals surface area (Å²) in [5.41, 5.74) is 12.3. The van der Waals surface area contributed by atoms with E-state index >= 15 is 0 Å². The van der Waals surface area contributed by atoms with Crippen LogP contribution in [-0.4, -0.2) is 11.9 Å². The van der Waals surface area contributed by atoms with Crippen LogP contribution in [0.15, 0.2) is 24.3 Å². The highest BCUT2D eigenvalue weighted by Crippen LogP contribution is 2.13. The monoisotopic (exact) mass is 193 g/mol. The van der Waals surface area contributed by atoms with Gasteiger partial charge >= 0.3 is 0 Å². The van der Waals surface area contributed by atoms with Crippen LogP contribution in [0.1, 0.15) is 13.3 Å². The first-order valence-corrected chi connectivity index (χ1v) is 4.48. The maximum absolute atomic E-state index is 10.6. The van der Waals surface area contributed by atoms with Crippen LogP contribution in [0.5, 0.6) is 0 Å². The van der Waals surface area contributed by atoms with Crippen molar-refractivity contribution in [3.05, 3.63) is 24.3 Å². The van der Waals surface area contributed by atoms with E-state index in [0.717, 1.165) is 5.69 Å². The van der Waals surface area contributed by atoms with Crippen LogP contribution in [0, 0.1) is 0 Å². The number of hydrogen-bond donors (Lipinski definition) is 3. The van der Waals surface area contributed by atoms with Crippen LogP contribution >= 0.6 is 0 Å². The Morgan fingerprint density at radius 3 is 2.86 bits per heavy atom. The number of rotatable bonds is 4. The second-order valence-corrected chi connectivity index (χ2v) is 3.34. The third-order valence-corrected chi connectivity index (χ3v) is 1.81. The molecule has 0 saturated heterocycles. The van der Waals surface area contributed by atoms with Gasteiger partial charge in [-0.15, -0.1) is 0 Å². The van der Waals surface area contributed by atoms with E-state index in [-0.39, 0.29) is 11.9 Å². The minimum Gasteiger partial charge on any atom is -0.399 e. The van der Waals surface area contributed by atoms with Crippen molar-refractivity contribution in [3.8, 4) is 0 Å². The molecule has 0 heterocycles. The number of carbonyl (C=O) groups is 1. The van der Waals surface area contributed by atoms with Gasteiger partial charge in [0.05, 0.1) is 0 Å². The van der Waals surface area contributed by atoms with Gasteiger partial charge in [-0.2, -0.15) is 0 Å². The summed E-state index contributed by atoms with van der Waals surface area (Å²) < 4.78 is 0. The molecule has 5 N–H and O–H groups in total. The second kappa shape index (κ2) is 4.50. The van der Waals surface area contributed by atoms with Crippen molar-refractivity contribution in [1.82, 2.24) is 0 Å². The average molecular weight is 193 g/mol. The molecule has 0 saturated carbocycles. The number of benzene rings is 1. The Bertz CT molecular complexity index is 325. The fourth-order valence-corrected chi connectivity index (χ4v) is 1.27. The lowest BCUT2D eigenvalue weighted by Gasteiger charge is -2.13. The minimum absolute atomic E-state index is 0.0225. The Hall–Kier alpha value is -1.71. The molecule has 1 atom stereocenters. The van der Waals surface area contributed by atoms with E-state index in [1.54, 1.807) is 0 Å². The Morgan fingerprint density at radius 1 is 1.57 bits per heavy atom. The molecule has 4 heteroatoms. The van der Waals surface area contributed by atoms with E-state index in [0.29, 0.717) is 12.1 Å². The maximum atomic E-state index is 10.6. The summed E-state index contributed by atoms with van der Waals surface area (Å²) in [7, 11) is 0. The number of primary amides is 1. The number of nitrogens with one attached hydrogen (secondary N) is 1. The third-order valence-electron chi connectivity index (χ3n) is 1.81. The largest absolute Gasteiger partial charge is 0.399 e. The second-order valence-electron chi connectivity index (χ2n) is 3.34. The lowest BCUT2D eigenvalue weighted by atomic mass is 10.2. The molecule has 0 radical (unpaired) electrons. The molecule has 0 aliphatic heterocycles. The molecule has 0 aliphatic carbocycles. The van der Waals surface area contributed by atoms with Crippen LogP contribution in [0.3, 0.4) is 0 Å². The third kappa shape index (κ3) is 3.35. The summed E-state index contributed by atoms with van der Waals surface area (Å²) >= 11 is 0. The lowest BCUT2D eigenvalue weighted by molar-refractivity contribution is -0.118. The Morgan fingerprint density at radius 2 is 2.29 bits per heavy atom.